The fraction of sp³-hybridized carbons (Fsp3) is 0.542. The van der Waals surface area contributed by atoms with Crippen molar-refractivity contribution in [3.05, 3.63) is 29.0 Å². The van der Waals surface area contributed by atoms with E-state index in [1.165, 1.54) is 0 Å². The monoisotopic (exact) mass is 524 g/mol. The first-order chi connectivity index (χ1) is 16.6. The van der Waals surface area contributed by atoms with E-state index >= 15 is 0 Å². The number of aromatic nitrogens is 4. The molecule has 0 amide bonds. The molecule has 0 aliphatic carbocycles. The second-order valence-electron chi connectivity index (χ2n) is 8.78. The Balaban J connectivity index is 0.00000289. The Bertz CT molecular complexity index is 1160. The zero-order chi connectivity index (χ0) is 23.7. The van der Waals surface area contributed by atoms with Crippen molar-refractivity contribution in [2.24, 2.45) is 0 Å². The number of aryl methyl sites for hydroxylation is 1. The Morgan fingerprint density at radius 2 is 1.86 bits per heavy atom. The Kier molecular flexibility index (Phi) is 8.31. The average Bonchev–Trinajstić information content (AvgIpc) is 3.23. The summed E-state index contributed by atoms with van der Waals surface area (Å²) in [6.45, 7) is 6.62. The van der Waals surface area contributed by atoms with E-state index in [1.807, 2.05) is 25.1 Å². The van der Waals surface area contributed by atoms with Crippen molar-refractivity contribution in [2.45, 2.75) is 25.8 Å². The highest BCUT2D eigenvalue weighted by molar-refractivity contribution is 6.33. The summed E-state index contributed by atoms with van der Waals surface area (Å²) < 4.78 is 26.0. The standard InChI is InChI=1S/C24H30ClFN6O2.ClH/c1-16-27-23(31-11-9-30(8-7-26)10-12-31)21-24(28-16)32(17-5-13-34-14-6-17)22(29-21)19-4-3-18(33-2)15-20(19)25;/h3-4,15,17H,5-14H2,1-2H3;1H. The molecular formula is C24H31Cl2FN6O2. The highest BCUT2D eigenvalue weighted by Gasteiger charge is 2.29. The first-order valence-corrected chi connectivity index (χ1v) is 12.2. The molecule has 2 aliphatic rings. The molecule has 0 spiro atoms. The lowest BCUT2D eigenvalue weighted by atomic mass is 10.1. The van der Waals surface area contributed by atoms with E-state index < -0.39 is 0 Å². The third-order valence-electron chi connectivity index (χ3n) is 6.68. The van der Waals surface area contributed by atoms with Crippen LogP contribution in [0.25, 0.3) is 22.6 Å². The number of piperazine rings is 1. The summed E-state index contributed by atoms with van der Waals surface area (Å²) in [6.07, 6.45) is 1.76. The van der Waals surface area contributed by atoms with Gasteiger partial charge in [0.25, 0.3) is 0 Å². The van der Waals surface area contributed by atoms with Crippen LogP contribution in [0, 0.1) is 6.92 Å². The zero-order valence-corrected chi connectivity index (χ0v) is 21.6. The molecule has 190 valence electrons. The number of hydrogen-bond donors (Lipinski definition) is 0. The van der Waals surface area contributed by atoms with Crippen molar-refractivity contribution >= 4 is 41.0 Å². The van der Waals surface area contributed by atoms with Gasteiger partial charge in [0.15, 0.2) is 17.0 Å². The van der Waals surface area contributed by atoms with Crippen molar-refractivity contribution in [1.82, 2.24) is 24.4 Å². The average molecular weight is 525 g/mol. The molecule has 35 heavy (non-hydrogen) atoms. The van der Waals surface area contributed by atoms with Gasteiger partial charge in [-0.3, -0.25) is 4.90 Å². The van der Waals surface area contributed by atoms with E-state index in [0.717, 1.165) is 67.4 Å². The van der Waals surface area contributed by atoms with Gasteiger partial charge in [0.2, 0.25) is 0 Å². The third kappa shape index (κ3) is 5.18. The summed E-state index contributed by atoms with van der Waals surface area (Å²) >= 11 is 6.71. The van der Waals surface area contributed by atoms with Gasteiger partial charge in [-0.05, 0) is 38.0 Å². The summed E-state index contributed by atoms with van der Waals surface area (Å²) in [5.74, 6) is 3.02. The first kappa shape index (κ1) is 25.9. The minimum absolute atomic E-state index is 0. The molecular weight excluding hydrogens is 494 g/mol. The molecule has 0 radical (unpaired) electrons. The lowest BCUT2D eigenvalue weighted by molar-refractivity contribution is 0.0708. The molecule has 2 saturated heterocycles. The molecule has 0 saturated carbocycles. The summed E-state index contributed by atoms with van der Waals surface area (Å²) in [5, 5.41) is 0.578. The van der Waals surface area contributed by atoms with Gasteiger partial charge in [0.1, 0.15) is 24.1 Å². The smallest absolute Gasteiger partial charge is 0.166 e. The number of fused-ring (bicyclic) bond motifs is 1. The highest BCUT2D eigenvalue weighted by Crippen LogP contribution is 2.38. The Hall–Kier alpha value is -2.20. The summed E-state index contributed by atoms with van der Waals surface area (Å²) in [4.78, 5) is 19.2. The topological polar surface area (TPSA) is 68.5 Å². The minimum Gasteiger partial charge on any atom is -0.497 e. The molecule has 2 fully saturated rings. The van der Waals surface area contributed by atoms with Crippen molar-refractivity contribution < 1.29 is 13.9 Å². The quantitative estimate of drug-likeness (QED) is 0.475. The summed E-state index contributed by atoms with van der Waals surface area (Å²) in [5.41, 5.74) is 2.43. The van der Waals surface area contributed by atoms with Gasteiger partial charge >= 0.3 is 0 Å². The summed E-state index contributed by atoms with van der Waals surface area (Å²) in [7, 11) is 1.63. The second-order valence-corrected chi connectivity index (χ2v) is 9.19. The predicted molar refractivity (Wildman–Crippen MR) is 138 cm³/mol. The Morgan fingerprint density at radius 3 is 2.51 bits per heavy atom. The van der Waals surface area contributed by atoms with Crippen LogP contribution in [-0.4, -0.2) is 84.1 Å². The number of hydrogen-bond acceptors (Lipinski definition) is 7. The van der Waals surface area contributed by atoms with E-state index in [4.69, 9.17) is 36.0 Å². The number of imidazole rings is 1. The Labute approximate surface area is 215 Å². The van der Waals surface area contributed by atoms with Crippen LogP contribution in [0.2, 0.25) is 5.02 Å². The number of nitrogens with zero attached hydrogens (tertiary/aromatic N) is 6. The lowest BCUT2D eigenvalue weighted by Crippen LogP contribution is -2.47. The predicted octanol–water partition coefficient (Wildman–Crippen LogP) is 4.33. The van der Waals surface area contributed by atoms with Gasteiger partial charge < -0.3 is 18.9 Å². The van der Waals surface area contributed by atoms with Crippen LogP contribution < -0.4 is 9.64 Å². The maximum Gasteiger partial charge on any atom is 0.166 e. The van der Waals surface area contributed by atoms with Crippen LogP contribution in [0.4, 0.5) is 10.2 Å². The van der Waals surface area contributed by atoms with Crippen LogP contribution in [0.1, 0.15) is 24.7 Å². The van der Waals surface area contributed by atoms with Gasteiger partial charge in [-0.15, -0.1) is 12.4 Å². The van der Waals surface area contributed by atoms with Crippen molar-refractivity contribution in [3.8, 4) is 17.1 Å². The molecule has 4 heterocycles. The van der Waals surface area contributed by atoms with Crippen LogP contribution in [0.15, 0.2) is 18.2 Å². The molecule has 3 aromatic rings. The fourth-order valence-corrected chi connectivity index (χ4v) is 5.13. The van der Waals surface area contributed by atoms with E-state index in [9.17, 15) is 4.39 Å². The number of benzene rings is 1. The van der Waals surface area contributed by atoms with Gasteiger partial charge in [-0.1, -0.05) is 11.6 Å². The molecule has 0 bridgehead atoms. The molecule has 5 rings (SSSR count). The number of ether oxygens (including phenoxy) is 2. The molecule has 0 atom stereocenters. The number of methoxy groups -OCH3 is 1. The number of halogens is 3. The molecule has 2 aromatic heterocycles. The second kappa shape index (κ2) is 11.2. The molecule has 8 nitrogen and oxygen atoms in total. The van der Waals surface area contributed by atoms with E-state index in [0.29, 0.717) is 36.4 Å². The lowest BCUT2D eigenvalue weighted by Gasteiger charge is -2.35. The van der Waals surface area contributed by atoms with Crippen LogP contribution in [0.3, 0.4) is 0 Å². The number of anilines is 1. The van der Waals surface area contributed by atoms with Crippen molar-refractivity contribution in [3.63, 3.8) is 0 Å². The van der Waals surface area contributed by atoms with E-state index in [-0.39, 0.29) is 25.1 Å². The molecule has 1 aromatic carbocycles. The van der Waals surface area contributed by atoms with E-state index in [2.05, 4.69) is 14.4 Å². The summed E-state index contributed by atoms with van der Waals surface area (Å²) in [6, 6.07) is 5.87. The van der Waals surface area contributed by atoms with Crippen LogP contribution >= 0.6 is 24.0 Å². The van der Waals surface area contributed by atoms with Crippen LogP contribution in [0.5, 0.6) is 5.75 Å². The highest BCUT2D eigenvalue weighted by atomic mass is 35.5. The molecule has 0 unspecified atom stereocenters. The van der Waals surface area contributed by atoms with Crippen LogP contribution in [-0.2, 0) is 4.74 Å². The van der Waals surface area contributed by atoms with E-state index in [1.54, 1.807) is 7.11 Å². The zero-order valence-electron chi connectivity index (χ0n) is 20.0. The van der Waals surface area contributed by atoms with Crippen molar-refractivity contribution in [2.75, 3.05) is 64.6 Å². The SMILES string of the molecule is COc1ccc(-c2nc3c(N4CCN(CCF)CC4)nc(C)nc3n2C2CCOCC2)c(Cl)c1.Cl. The number of alkyl halides is 1. The maximum atomic E-state index is 12.8. The van der Waals surface area contributed by atoms with Gasteiger partial charge in [0, 0.05) is 57.5 Å². The van der Waals surface area contributed by atoms with Crippen molar-refractivity contribution in [1.29, 1.82) is 0 Å². The molecule has 11 heteroatoms. The minimum atomic E-state index is -0.321. The normalized spacial score (nSPS) is 17.5. The molecule has 0 N–H and O–H groups in total. The molecule has 2 aliphatic heterocycles. The van der Waals surface area contributed by atoms with Gasteiger partial charge in [0.05, 0.1) is 12.1 Å². The van der Waals surface area contributed by atoms with Gasteiger partial charge in [-0.2, -0.15) is 0 Å². The number of rotatable bonds is 6. The fourth-order valence-electron chi connectivity index (χ4n) is 4.87. The maximum absolute atomic E-state index is 12.8. The Morgan fingerprint density at radius 1 is 1.11 bits per heavy atom. The first-order valence-electron chi connectivity index (χ1n) is 11.8. The largest absolute Gasteiger partial charge is 0.497 e. The van der Waals surface area contributed by atoms with Gasteiger partial charge in [-0.25, -0.2) is 19.3 Å². The third-order valence-corrected chi connectivity index (χ3v) is 6.99.